The second-order valence-corrected chi connectivity index (χ2v) is 5.53. The van der Waals surface area contributed by atoms with E-state index >= 15 is 0 Å². The second kappa shape index (κ2) is 6.72. The van der Waals surface area contributed by atoms with Crippen molar-refractivity contribution >= 4 is 11.4 Å². The SMILES string of the molecule is CCC(N)Cc1ccc(N(C)c2cccc(F)c2)c(C)c1. The Kier molecular flexibility index (Phi) is 4.97. The number of nitrogens with zero attached hydrogens (tertiary/aromatic N) is 1. The lowest BCUT2D eigenvalue weighted by Gasteiger charge is -2.22. The van der Waals surface area contributed by atoms with Gasteiger partial charge >= 0.3 is 0 Å². The predicted octanol–water partition coefficient (Wildman–Crippen LogP) is 4.18. The van der Waals surface area contributed by atoms with Gasteiger partial charge in [0.1, 0.15) is 5.82 Å². The zero-order chi connectivity index (χ0) is 15.4. The maximum atomic E-state index is 13.3. The molecule has 2 N–H and O–H groups in total. The third-order valence-corrected chi connectivity index (χ3v) is 3.84. The Morgan fingerprint density at radius 2 is 1.95 bits per heavy atom. The molecular weight excluding hydrogens is 263 g/mol. The standard InChI is InChI=1S/C18H23FN2/c1-4-16(20)11-14-8-9-18(13(2)10-14)21(3)17-7-5-6-15(19)12-17/h5-10,12,16H,4,11,20H2,1-3H3. The van der Waals surface area contributed by atoms with Crippen molar-refractivity contribution < 1.29 is 4.39 Å². The fourth-order valence-corrected chi connectivity index (χ4v) is 2.49. The van der Waals surface area contributed by atoms with E-state index in [0.29, 0.717) is 0 Å². The highest BCUT2D eigenvalue weighted by molar-refractivity contribution is 5.66. The van der Waals surface area contributed by atoms with E-state index in [9.17, 15) is 4.39 Å². The molecule has 1 unspecified atom stereocenters. The Morgan fingerprint density at radius 1 is 1.19 bits per heavy atom. The summed E-state index contributed by atoms with van der Waals surface area (Å²) in [4.78, 5) is 2.00. The number of benzene rings is 2. The van der Waals surface area contributed by atoms with Crippen molar-refractivity contribution in [3.05, 3.63) is 59.4 Å². The summed E-state index contributed by atoms with van der Waals surface area (Å²) in [6, 6.07) is 13.2. The molecule has 2 aromatic rings. The average molecular weight is 286 g/mol. The van der Waals surface area contributed by atoms with Crippen LogP contribution in [0.15, 0.2) is 42.5 Å². The molecule has 0 aliphatic carbocycles. The lowest BCUT2D eigenvalue weighted by molar-refractivity contribution is 0.628. The van der Waals surface area contributed by atoms with Crippen molar-refractivity contribution in [2.24, 2.45) is 5.73 Å². The van der Waals surface area contributed by atoms with Gasteiger partial charge in [-0.05, 0) is 55.2 Å². The van der Waals surface area contributed by atoms with E-state index in [1.54, 1.807) is 12.1 Å². The first kappa shape index (κ1) is 15.5. The molecule has 2 nitrogen and oxygen atoms in total. The van der Waals surface area contributed by atoms with E-state index in [0.717, 1.165) is 24.2 Å². The van der Waals surface area contributed by atoms with Crippen molar-refractivity contribution in [1.29, 1.82) is 0 Å². The van der Waals surface area contributed by atoms with E-state index < -0.39 is 0 Å². The summed E-state index contributed by atoms with van der Waals surface area (Å²) in [6.45, 7) is 4.18. The van der Waals surface area contributed by atoms with Crippen LogP contribution in [0.1, 0.15) is 24.5 Å². The van der Waals surface area contributed by atoms with Crippen LogP contribution in [0.5, 0.6) is 0 Å². The van der Waals surface area contributed by atoms with Crippen LogP contribution in [0.4, 0.5) is 15.8 Å². The second-order valence-electron chi connectivity index (χ2n) is 5.53. The van der Waals surface area contributed by atoms with Gasteiger partial charge in [-0.25, -0.2) is 4.39 Å². The molecular formula is C18H23FN2. The van der Waals surface area contributed by atoms with Crippen molar-refractivity contribution in [2.45, 2.75) is 32.7 Å². The van der Waals surface area contributed by atoms with Gasteiger partial charge < -0.3 is 10.6 Å². The van der Waals surface area contributed by atoms with Crippen molar-refractivity contribution in [3.8, 4) is 0 Å². The lowest BCUT2D eigenvalue weighted by atomic mass is 10.0. The molecule has 0 saturated carbocycles. The molecule has 0 amide bonds. The Balaban J connectivity index is 2.24. The van der Waals surface area contributed by atoms with E-state index in [2.05, 4.69) is 32.0 Å². The molecule has 0 fully saturated rings. The molecule has 2 rings (SSSR count). The maximum Gasteiger partial charge on any atom is 0.125 e. The van der Waals surface area contributed by atoms with Crippen LogP contribution in [0.3, 0.4) is 0 Å². The van der Waals surface area contributed by atoms with Gasteiger partial charge in [-0.3, -0.25) is 0 Å². The normalized spacial score (nSPS) is 12.2. The minimum absolute atomic E-state index is 0.205. The molecule has 2 aromatic carbocycles. The van der Waals surface area contributed by atoms with Crippen LogP contribution >= 0.6 is 0 Å². The number of nitrogens with two attached hydrogens (primary N) is 1. The molecule has 0 bridgehead atoms. The molecule has 0 aliphatic heterocycles. The minimum Gasteiger partial charge on any atom is -0.344 e. The number of rotatable bonds is 5. The van der Waals surface area contributed by atoms with Crippen LogP contribution in [0.25, 0.3) is 0 Å². The summed E-state index contributed by atoms with van der Waals surface area (Å²) in [5.41, 5.74) is 10.3. The molecule has 3 heteroatoms. The zero-order valence-electron chi connectivity index (χ0n) is 12.9. The van der Waals surface area contributed by atoms with Crippen molar-refractivity contribution in [1.82, 2.24) is 0 Å². The third kappa shape index (κ3) is 3.82. The van der Waals surface area contributed by atoms with Gasteiger partial charge in [-0.1, -0.05) is 25.1 Å². The summed E-state index contributed by atoms with van der Waals surface area (Å²) in [6.07, 6.45) is 1.87. The lowest BCUT2D eigenvalue weighted by Crippen LogP contribution is -2.21. The van der Waals surface area contributed by atoms with E-state index in [1.807, 2.05) is 18.0 Å². The maximum absolute atomic E-state index is 13.3. The highest BCUT2D eigenvalue weighted by Crippen LogP contribution is 2.28. The Bertz CT molecular complexity index is 610. The molecule has 0 spiro atoms. The zero-order valence-corrected chi connectivity index (χ0v) is 12.9. The molecule has 0 radical (unpaired) electrons. The summed E-state index contributed by atoms with van der Waals surface area (Å²) < 4.78 is 13.3. The van der Waals surface area contributed by atoms with Gasteiger partial charge in [0.2, 0.25) is 0 Å². The number of aryl methyl sites for hydroxylation is 1. The summed E-state index contributed by atoms with van der Waals surface area (Å²) in [5.74, 6) is -0.220. The Hall–Kier alpha value is -1.87. The van der Waals surface area contributed by atoms with Crippen LogP contribution < -0.4 is 10.6 Å². The quantitative estimate of drug-likeness (QED) is 0.893. The predicted molar refractivity (Wildman–Crippen MR) is 87.6 cm³/mol. The number of anilines is 2. The molecule has 1 atom stereocenters. The summed E-state index contributed by atoms with van der Waals surface area (Å²) >= 11 is 0. The van der Waals surface area contributed by atoms with E-state index in [4.69, 9.17) is 5.73 Å². The van der Waals surface area contributed by atoms with Crippen LogP contribution in [0, 0.1) is 12.7 Å². The number of halogens is 1. The highest BCUT2D eigenvalue weighted by atomic mass is 19.1. The van der Waals surface area contributed by atoms with Gasteiger partial charge in [0.05, 0.1) is 0 Å². The molecule has 0 saturated heterocycles. The van der Waals surface area contributed by atoms with Gasteiger partial charge in [0, 0.05) is 24.5 Å². The van der Waals surface area contributed by atoms with Crippen LogP contribution in [-0.2, 0) is 6.42 Å². The van der Waals surface area contributed by atoms with Crippen LogP contribution in [0.2, 0.25) is 0 Å². The molecule has 112 valence electrons. The van der Waals surface area contributed by atoms with Crippen LogP contribution in [-0.4, -0.2) is 13.1 Å². The Labute approximate surface area is 126 Å². The van der Waals surface area contributed by atoms with Crippen molar-refractivity contribution in [2.75, 3.05) is 11.9 Å². The van der Waals surface area contributed by atoms with Gasteiger partial charge in [-0.15, -0.1) is 0 Å². The topological polar surface area (TPSA) is 29.3 Å². The summed E-state index contributed by atoms with van der Waals surface area (Å²) in [7, 11) is 1.95. The first-order valence-corrected chi connectivity index (χ1v) is 7.35. The molecule has 21 heavy (non-hydrogen) atoms. The van der Waals surface area contributed by atoms with Gasteiger partial charge in [-0.2, -0.15) is 0 Å². The average Bonchev–Trinajstić information content (AvgIpc) is 2.46. The third-order valence-electron chi connectivity index (χ3n) is 3.84. The molecule has 0 heterocycles. The fraction of sp³-hybridized carbons (Fsp3) is 0.333. The Morgan fingerprint density at radius 3 is 2.57 bits per heavy atom. The molecule has 0 aliphatic rings. The minimum atomic E-state index is -0.220. The molecule has 0 aromatic heterocycles. The van der Waals surface area contributed by atoms with Gasteiger partial charge in [0.15, 0.2) is 0 Å². The number of hydrogen-bond acceptors (Lipinski definition) is 2. The first-order chi connectivity index (χ1) is 10.0. The highest BCUT2D eigenvalue weighted by Gasteiger charge is 2.09. The van der Waals surface area contributed by atoms with Gasteiger partial charge in [0.25, 0.3) is 0 Å². The summed E-state index contributed by atoms with van der Waals surface area (Å²) in [5, 5.41) is 0. The van der Waals surface area contributed by atoms with E-state index in [-0.39, 0.29) is 11.9 Å². The van der Waals surface area contributed by atoms with E-state index in [1.165, 1.54) is 17.2 Å². The fourth-order valence-electron chi connectivity index (χ4n) is 2.49. The van der Waals surface area contributed by atoms with Crippen molar-refractivity contribution in [3.63, 3.8) is 0 Å². The largest absolute Gasteiger partial charge is 0.344 e. The first-order valence-electron chi connectivity index (χ1n) is 7.35. The monoisotopic (exact) mass is 286 g/mol. The number of hydrogen-bond donors (Lipinski definition) is 1. The smallest absolute Gasteiger partial charge is 0.125 e.